The molecule has 130 valence electrons. The Labute approximate surface area is 144 Å². The highest BCUT2D eigenvalue weighted by Gasteiger charge is 2.40. The van der Waals surface area contributed by atoms with Gasteiger partial charge in [0, 0.05) is 56.8 Å². The van der Waals surface area contributed by atoms with Crippen LogP contribution in [0.25, 0.3) is 0 Å². The van der Waals surface area contributed by atoms with Gasteiger partial charge in [-0.3, -0.25) is 14.7 Å². The predicted octanol–water partition coefficient (Wildman–Crippen LogP) is 2.11. The van der Waals surface area contributed by atoms with Crippen molar-refractivity contribution in [1.82, 2.24) is 14.8 Å². The Bertz CT molecular complexity index is 573. The molecule has 3 heterocycles. The lowest BCUT2D eigenvalue weighted by Gasteiger charge is -2.49. The van der Waals surface area contributed by atoms with Crippen LogP contribution in [0.2, 0.25) is 0 Å². The SMILES string of the molecule is Cc1ccc(C(=O)N2CC(N(CC3CC3)C3CCOCC3)C2)cn1. The van der Waals surface area contributed by atoms with Gasteiger partial charge in [-0.25, -0.2) is 0 Å². The Morgan fingerprint density at radius 3 is 2.58 bits per heavy atom. The molecule has 3 aliphatic rings. The van der Waals surface area contributed by atoms with Gasteiger partial charge in [-0.15, -0.1) is 0 Å². The first-order valence-corrected chi connectivity index (χ1v) is 9.26. The number of ether oxygens (including phenoxy) is 1. The lowest BCUT2D eigenvalue weighted by Crippen LogP contribution is -2.64. The lowest BCUT2D eigenvalue weighted by molar-refractivity contribution is -0.0267. The molecule has 5 nitrogen and oxygen atoms in total. The summed E-state index contributed by atoms with van der Waals surface area (Å²) in [5.41, 5.74) is 1.65. The molecule has 5 heteroatoms. The minimum absolute atomic E-state index is 0.122. The van der Waals surface area contributed by atoms with Crippen LogP contribution in [-0.4, -0.2) is 65.6 Å². The van der Waals surface area contributed by atoms with E-state index in [2.05, 4.69) is 9.88 Å². The van der Waals surface area contributed by atoms with Gasteiger partial charge in [0.05, 0.1) is 5.56 Å². The van der Waals surface area contributed by atoms with Crippen LogP contribution in [0.5, 0.6) is 0 Å². The molecule has 0 bridgehead atoms. The van der Waals surface area contributed by atoms with Crippen molar-refractivity contribution in [2.24, 2.45) is 5.92 Å². The Kier molecular flexibility index (Phi) is 4.55. The summed E-state index contributed by atoms with van der Waals surface area (Å²) in [6.45, 7) is 6.64. The van der Waals surface area contributed by atoms with Crippen LogP contribution in [0.4, 0.5) is 0 Å². The molecule has 0 N–H and O–H groups in total. The number of hydrogen-bond acceptors (Lipinski definition) is 4. The van der Waals surface area contributed by atoms with Crippen molar-refractivity contribution in [3.8, 4) is 0 Å². The number of likely N-dealkylation sites (tertiary alicyclic amines) is 1. The fourth-order valence-electron chi connectivity index (χ4n) is 3.82. The summed E-state index contributed by atoms with van der Waals surface area (Å²) in [6.07, 6.45) is 6.73. The third-order valence-corrected chi connectivity index (χ3v) is 5.60. The molecule has 0 aromatic carbocycles. The summed E-state index contributed by atoms with van der Waals surface area (Å²) >= 11 is 0. The molecule has 0 atom stereocenters. The van der Waals surface area contributed by atoms with E-state index in [0.29, 0.717) is 17.6 Å². The average molecular weight is 329 g/mol. The molecular weight excluding hydrogens is 302 g/mol. The molecule has 0 radical (unpaired) electrons. The molecule has 0 unspecified atom stereocenters. The molecule has 24 heavy (non-hydrogen) atoms. The molecule has 3 fully saturated rings. The number of carbonyl (C=O) groups is 1. The number of rotatable bonds is 5. The van der Waals surface area contributed by atoms with Gasteiger partial charge in [0.25, 0.3) is 5.91 Å². The highest BCUT2D eigenvalue weighted by molar-refractivity contribution is 5.94. The van der Waals surface area contributed by atoms with Crippen molar-refractivity contribution in [1.29, 1.82) is 0 Å². The van der Waals surface area contributed by atoms with Gasteiger partial charge in [-0.1, -0.05) is 0 Å². The lowest BCUT2D eigenvalue weighted by atomic mass is 9.98. The number of carbonyl (C=O) groups excluding carboxylic acids is 1. The first-order valence-electron chi connectivity index (χ1n) is 9.26. The molecule has 2 saturated heterocycles. The predicted molar refractivity (Wildman–Crippen MR) is 91.9 cm³/mol. The van der Waals surface area contributed by atoms with Crippen LogP contribution >= 0.6 is 0 Å². The molecule has 2 aliphatic heterocycles. The van der Waals surface area contributed by atoms with Crippen molar-refractivity contribution in [3.05, 3.63) is 29.6 Å². The van der Waals surface area contributed by atoms with Crippen LogP contribution in [0.3, 0.4) is 0 Å². The first-order chi connectivity index (χ1) is 11.7. The summed E-state index contributed by atoms with van der Waals surface area (Å²) < 4.78 is 5.53. The zero-order valence-corrected chi connectivity index (χ0v) is 14.5. The fourth-order valence-corrected chi connectivity index (χ4v) is 3.82. The quantitative estimate of drug-likeness (QED) is 0.830. The van der Waals surface area contributed by atoms with Gasteiger partial charge in [0.1, 0.15) is 0 Å². The molecular formula is C19H27N3O2. The van der Waals surface area contributed by atoms with Crippen molar-refractivity contribution < 1.29 is 9.53 Å². The van der Waals surface area contributed by atoms with E-state index in [1.54, 1.807) is 6.20 Å². The number of hydrogen-bond donors (Lipinski definition) is 0. The Balaban J connectivity index is 1.36. The van der Waals surface area contributed by atoms with Crippen LogP contribution in [0.1, 0.15) is 41.7 Å². The molecule has 1 saturated carbocycles. The largest absolute Gasteiger partial charge is 0.381 e. The van der Waals surface area contributed by atoms with Crippen molar-refractivity contribution >= 4 is 5.91 Å². The zero-order valence-electron chi connectivity index (χ0n) is 14.5. The molecule has 0 spiro atoms. The second-order valence-corrected chi connectivity index (χ2v) is 7.54. The maximum absolute atomic E-state index is 12.6. The van der Waals surface area contributed by atoms with Crippen molar-refractivity contribution in [2.75, 3.05) is 32.8 Å². The van der Waals surface area contributed by atoms with E-state index in [9.17, 15) is 4.79 Å². The van der Waals surface area contributed by atoms with Crippen LogP contribution in [-0.2, 0) is 4.74 Å². The number of aryl methyl sites for hydroxylation is 1. The molecule has 4 rings (SSSR count). The Morgan fingerprint density at radius 1 is 1.21 bits per heavy atom. The van der Waals surface area contributed by atoms with E-state index in [0.717, 1.165) is 50.8 Å². The normalized spacial score (nSPS) is 22.7. The number of nitrogens with zero attached hydrogens (tertiary/aromatic N) is 3. The van der Waals surface area contributed by atoms with Crippen LogP contribution in [0, 0.1) is 12.8 Å². The topological polar surface area (TPSA) is 45.7 Å². The molecule has 1 amide bonds. The van der Waals surface area contributed by atoms with Gasteiger partial charge in [0.2, 0.25) is 0 Å². The van der Waals surface area contributed by atoms with Crippen LogP contribution < -0.4 is 0 Å². The van der Waals surface area contributed by atoms with Crippen LogP contribution in [0.15, 0.2) is 18.3 Å². The van der Waals surface area contributed by atoms with Crippen molar-refractivity contribution in [3.63, 3.8) is 0 Å². The summed E-state index contributed by atoms with van der Waals surface area (Å²) in [4.78, 5) is 21.5. The fraction of sp³-hybridized carbons (Fsp3) is 0.684. The van der Waals surface area contributed by atoms with Gasteiger partial charge in [-0.05, 0) is 50.7 Å². The van der Waals surface area contributed by atoms with E-state index in [1.165, 1.54) is 19.4 Å². The third kappa shape index (κ3) is 3.47. The summed E-state index contributed by atoms with van der Waals surface area (Å²) in [7, 11) is 0. The van der Waals surface area contributed by atoms with E-state index < -0.39 is 0 Å². The number of amides is 1. The molecule has 1 aliphatic carbocycles. The minimum atomic E-state index is 0.122. The van der Waals surface area contributed by atoms with Crippen molar-refractivity contribution in [2.45, 2.75) is 44.7 Å². The van der Waals surface area contributed by atoms with E-state index in [1.807, 2.05) is 24.0 Å². The highest BCUT2D eigenvalue weighted by Crippen LogP contribution is 2.34. The maximum atomic E-state index is 12.6. The zero-order chi connectivity index (χ0) is 16.5. The summed E-state index contributed by atoms with van der Waals surface area (Å²) in [5.74, 6) is 1.01. The summed E-state index contributed by atoms with van der Waals surface area (Å²) in [6, 6.07) is 4.96. The number of pyridine rings is 1. The van der Waals surface area contributed by atoms with Gasteiger partial charge in [0.15, 0.2) is 0 Å². The molecule has 1 aromatic heterocycles. The average Bonchev–Trinajstić information content (AvgIpc) is 3.38. The third-order valence-electron chi connectivity index (χ3n) is 5.60. The highest BCUT2D eigenvalue weighted by atomic mass is 16.5. The second-order valence-electron chi connectivity index (χ2n) is 7.54. The van der Waals surface area contributed by atoms with E-state index >= 15 is 0 Å². The maximum Gasteiger partial charge on any atom is 0.255 e. The minimum Gasteiger partial charge on any atom is -0.381 e. The second kappa shape index (κ2) is 6.81. The Hall–Kier alpha value is -1.46. The number of aromatic nitrogens is 1. The van der Waals surface area contributed by atoms with Gasteiger partial charge >= 0.3 is 0 Å². The van der Waals surface area contributed by atoms with E-state index in [-0.39, 0.29) is 5.91 Å². The van der Waals surface area contributed by atoms with Gasteiger partial charge < -0.3 is 9.64 Å². The Morgan fingerprint density at radius 2 is 1.96 bits per heavy atom. The smallest absolute Gasteiger partial charge is 0.255 e. The van der Waals surface area contributed by atoms with Gasteiger partial charge in [-0.2, -0.15) is 0 Å². The monoisotopic (exact) mass is 329 g/mol. The standard InChI is InChI=1S/C19H27N3O2/c1-14-2-5-16(10-20-14)19(23)21-12-18(13-21)22(11-15-3-4-15)17-6-8-24-9-7-17/h2,5,10,15,17-18H,3-4,6-9,11-13H2,1H3. The first kappa shape index (κ1) is 16.0. The summed E-state index contributed by atoms with van der Waals surface area (Å²) in [5, 5.41) is 0. The van der Waals surface area contributed by atoms with E-state index in [4.69, 9.17) is 4.74 Å². The molecule has 1 aromatic rings.